The summed E-state index contributed by atoms with van der Waals surface area (Å²) < 4.78 is 5.35. The first-order valence-electron chi connectivity index (χ1n) is 10.9. The van der Waals surface area contributed by atoms with Crippen molar-refractivity contribution >= 4 is 11.8 Å². The van der Waals surface area contributed by atoms with Crippen molar-refractivity contribution in [2.24, 2.45) is 0 Å². The minimum atomic E-state index is -0.0417. The van der Waals surface area contributed by atoms with Gasteiger partial charge in [-0.05, 0) is 30.4 Å². The normalized spacial score (nSPS) is 22.7. The molecule has 3 aliphatic rings. The molecule has 156 valence electrons. The van der Waals surface area contributed by atoms with E-state index in [4.69, 9.17) is 4.74 Å². The SMILES string of the molecule is O=C(CC1=C2CCCCC2N(Cc2ccccc2)C1=O)NCCN1CCOCC1. The summed E-state index contributed by atoms with van der Waals surface area (Å²) in [7, 11) is 0. The van der Waals surface area contributed by atoms with Crippen molar-refractivity contribution < 1.29 is 14.3 Å². The second-order valence-corrected chi connectivity index (χ2v) is 8.16. The summed E-state index contributed by atoms with van der Waals surface area (Å²) in [4.78, 5) is 30.0. The highest BCUT2D eigenvalue weighted by atomic mass is 16.5. The van der Waals surface area contributed by atoms with Crippen LogP contribution in [0.3, 0.4) is 0 Å². The third kappa shape index (κ3) is 4.87. The maximum atomic E-state index is 13.2. The van der Waals surface area contributed by atoms with Gasteiger partial charge in [-0.15, -0.1) is 0 Å². The van der Waals surface area contributed by atoms with Crippen LogP contribution in [0.1, 0.15) is 37.7 Å². The van der Waals surface area contributed by atoms with Gasteiger partial charge in [0.1, 0.15) is 0 Å². The number of fused-ring (bicyclic) bond motifs is 1. The molecule has 1 saturated heterocycles. The van der Waals surface area contributed by atoms with Gasteiger partial charge in [-0.25, -0.2) is 0 Å². The monoisotopic (exact) mass is 397 g/mol. The predicted octanol–water partition coefficient (Wildman–Crippen LogP) is 2.11. The van der Waals surface area contributed by atoms with E-state index in [0.29, 0.717) is 13.1 Å². The Labute approximate surface area is 172 Å². The Morgan fingerprint density at radius 1 is 1.14 bits per heavy atom. The minimum absolute atomic E-state index is 0.0417. The van der Waals surface area contributed by atoms with E-state index < -0.39 is 0 Å². The van der Waals surface area contributed by atoms with Gasteiger partial charge in [0, 0.05) is 38.3 Å². The van der Waals surface area contributed by atoms with E-state index in [1.165, 1.54) is 5.57 Å². The number of hydrogen-bond acceptors (Lipinski definition) is 4. The lowest BCUT2D eigenvalue weighted by Crippen LogP contribution is -2.41. The molecule has 1 unspecified atom stereocenters. The van der Waals surface area contributed by atoms with Crippen molar-refractivity contribution in [3.63, 3.8) is 0 Å². The summed E-state index contributed by atoms with van der Waals surface area (Å²) in [6.45, 7) is 5.43. The molecule has 6 nitrogen and oxygen atoms in total. The maximum Gasteiger partial charge on any atom is 0.251 e. The van der Waals surface area contributed by atoms with E-state index in [0.717, 1.165) is 69.7 Å². The number of benzene rings is 1. The van der Waals surface area contributed by atoms with Gasteiger partial charge in [0.2, 0.25) is 5.91 Å². The zero-order valence-electron chi connectivity index (χ0n) is 17.1. The average Bonchev–Trinajstić information content (AvgIpc) is 3.01. The first-order valence-corrected chi connectivity index (χ1v) is 10.9. The van der Waals surface area contributed by atoms with Gasteiger partial charge >= 0.3 is 0 Å². The molecule has 1 N–H and O–H groups in total. The lowest BCUT2D eigenvalue weighted by atomic mass is 9.88. The number of amides is 2. The second-order valence-electron chi connectivity index (χ2n) is 8.16. The molecule has 2 amide bonds. The molecule has 29 heavy (non-hydrogen) atoms. The topological polar surface area (TPSA) is 61.9 Å². The van der Waals surface area contributed by atoms with Gasteiger partial charge in [-0.2, -0.15) is 0 Å². The van der Waals surface area contributed by atoms with Gasteiger partial charge < -0.3 is 15.0 Å². The van der Waals surface area contributed by atoms with Crippen LogP contribution >= 0.6 is 0 Å². The van der Waals surface area contributed by atoms with E-state index in [1.807, 2.05) is 23.1 Å². The first-order chi connectivity index (χ1) is 14.2. The molecule has 1 aromatic rings. The number of morpholine rings is 1. The van der Waals surface area contributed by atoms with E-state index in [2.05, 4.69) is 22.3 Å². The largest absolute Gasteiger partial charge is 0.379 e. The smallest absolute Gasteiger partial charge is 0.251 e. The summed E-state index contributed by atoms with van der Waals surface area (Å²) >= 11 is 0. The van der Waals surface area contributed by atoms with Gasteiger partial charge in [-0.1, -0.05) is 36.8 Å². The molecule has 0 bridgehead atoms. The fourth-order valence-electron chi connectivity index (χ4n) is 4.69. The van der Waals surface area contributed by atoms with Crippen molar-refractivity contribution in [3.8, 4) is 0 Å². The highest BCUT2D eigenvalue weighted by Gasteiger charge is 2.40. The van der Waals surface area contributed by atoms with E-state index >= 15 is 0 Å². The number of rotatable bonds is 7. The van der Waals surface area contributed by atoms with Gasteiger partial charge in [0.25, 0.3) is 5.91 Å². The van der Waals surface area contributed by atoms with Crippen LogP contribution in [0, 0.1) is 0 Å². The Kier molecular flexibility index (Phi) is 6.62. The van der Waals surface area contributed by atoms with Crippen molar-refractivity contribution in [2.75, 3.05) is 39.4 Å². The van der Waals surface area contributed by atoms with Crippen LogP contribution in [0.25, 0.3) is 0 Å². The molecular formula is C23H31N3O3. The number of carbonyl (C=O) groups excluding carboxylic acids is 2. The van der Waals surface area contributed by atoms with Crippen molar-refractivity contribution in [1.29, 1.82) is 0 Å². The standard InChI is InChI=1S/C23H31N3O3/c27-22(24-10-11-25-12-14-29-15-13-25)16-20-19-8-4-5-9-21(19)26(23(20)28)17-18-6-2-1-3-7-18/h1-3,6-7,21H,4-5,8-17H2,(H,24,27). The highest BCUT2D eigenvalue weighted by Crippen LogP contribution is 2.38. The van der Waals surface area contributed by atoms with Crippen LogP contribution in [0.5, 0.6) is 0 Å². The molecule has 2 fully saturated rings. The van der Waals surface area contributed by atoms with Gasteiger partial charge in [0.05, 0.1) is 25.7 Å². The predicted molar refractivity (Wildman–Crippen MR) is 111 cm³/mol. The number of ether oxygens (including phenoxy) is 1. The molecular weight excluding hydrogens is 366 g/mol. The summed E-state index contributed by atoms with van der Waals surface area (Å²) in [6.07, 6.45) is 4.42. The van der Waals surface area contributed by atoms with Crippen molar-refractivity contribution in [3.05, 3.63) is 47.0 Å². The molecule has 4 rings (SSSR count). The molecule has 0 spiro atoms. The van der Waals surface area contributed by atoms with Gasteiger partial charge in [0.15, 0.2) is 0 Å². The highest BCUT2D eigenvalue weighted by molar-refractivity contribution is 6.02. The third-order valence-corrected chi connectivity index (χ3v) is 6.25. The Morgan fingerprint density at radius 3 is 2.72 bits per heavy atom. The molecule has 1 atom stereocenters. The fourth-order valence-corrected chi connectivity index (χ4v) is 4.69. The number of nitrogens with one attached hydrogen (secondary N) is 1. The molecule has 0 aromatic heterocycles. The summed E-state index contributed by atoms with van der Waals surface area (Å²) in [5, 5.41) is 3.01. The number of nitrogens with zero attached hydrogens (tertiary/aromatic N) is 2. The Balaban J connectivity index is 1.36. The zero-order chi connectivity index (χ0) is 20.1. The molecule has 6 heteroatoms. The molecule has 0 radical (unpaired) electrons. The van der Waals surface area contributed by atoms with Crippen LogP contribution in [0.15, 0.2) is 41.5 Å². The second kappa shape index (κ2) is 9.55. The maximum absolute atomic E-state index is 13.2. The van der Waals surface area contributed by atoms with Gasteiger partial charge in [-0.3, -0.25) is 14.5 Å². The van der Waals surface area contributed by atoms with Crippen LogP contribution < -0.4 is 5.32 Å². The number of hydrogen-bond donors (Lipinski definition) is 1. The Bertz CT molecular complexity index is 756. The average molecular weight is 398 g/mol. The molecule has 2 heterocycles. The molecule has 1 saturated carbocycles. The van der Waals surface area contributed by atoms with Crippen molar-refractivity contribution in [1.82, 2.24) is 15.1 Å². The van der Waals surface area contributed by atoms with E-state index in [1.54, 1.807) is 0 Å². The van der Waals surface area contributed by atoms with E-state index in [9.17, 15) is 9.59 Å². The van der Waals surface area contributed by atoms with Crippen LogP contribution in [-0.4, -0.2) is 67.0 Å². The zero-order valence-corrected chi connectivity index (χ0v) is 17.1. The van der Waals surface area contributed by atoms with Crippen LogP contribution in [0.4, 0.5) is 0 Å². The number of carbonyl (C=O) groups is 2. The quantitative estimate of drug-likeness (QED) is 0.766. The minimum Gasteiger partial charge on any atom is -0.379 e. The Morgan fingerprint density at radius 2 is 1.93 bits per heavy atom. The fraction of sp³-hybridized carbons (Fsp3) is 0.565. The van der Waals surface area contributed by atoms with Crippen LogP contribution in [-0.2, 0) is 20.9 Å². The first kappa shape index (κ1) is 20.1. The Hall–Kier alpha value is -2.18. The summed E-state index contributed by atoms with van der Waals surface area (Å²) in [5.41, 5.74) is 3.09. The van der Waals surface area contributed by atoms with Crippen LogP contribution in [0.2, 0.25) is 0 Å². The summed E-state index contributed by atoms with van der Waals surface area (Å²) in [6, 6.07) is 10.3. The summed E-state index contributed by atoms with van der Waals surface area (Å²) in [5.74, 6) is 0.0130. The molecule has 1 aliphatic carbocycles. The van der Waals surface area contributed by atoms with Crippen molar-refractivity contribution in [2.45, 2.75) is 44.7 Å². The van der Waals surface area contributed by atoms with E-state index in [-0.39, 0.29) is 24.3 Å². The third-order valence-electron chi connectivity index (χ3n) is 6.25. The molecule has 1 aromatic carbocycles. The lowest BCUT2D eigenvalue weighted by molar-refractivity contribution is -0.129. The molecule has 2 aliphatic heterocycles. The lowest BCUT2D eigenvalue weighted by Gasteiger charge is -2.30.